The van der Waals surface area contributed by atoms with Crippen LogP contribution in [0.4, 0.5) is 0 Å². The van der Waals surface area contributed by atoms with E-state index < -0.39 is 0 Å². The molecule has 2 fully saturated rings. The highest BCUT2D eigenvalue weighted by Crippen LogP contribution is 2.28. The molecule has 0 bridgehead atoms. The van der Waals surface area contributed by atoms with Crippen LogP contribution in [0.2, 0.25) is 0 Å². The minimum atomic E-state index is 0.332. The first-order valence-electron chi connectivity index (χ1n) is 6.38. The molecule has 15 heavy (non-hydrogen) atoms. The maximum atomic E-state index is 8.78. The van der Waals surface area contributed by atoms with Crippen LogP contribution >= 0.6 is 0 Å². The molecule has 88 valence electrons. The normalized spacial score (nSPS) is 32.6. The Balaban J connectivity index is 1.81. The van der Waals surface area contributed by atoms with Crippen molar-refractivity contribution in [3.63, 3.8) is 0 Å². The third kappa shape index (κ3) is 2.92. The minimum absolute atomic E-state index is 0.332. The van der Waals surface area contributed by atoms with E-state index in [9.17, 15) is 0 Å². The molecular weight excluding hydrogens is 190 g/mol. The molecule has 1 saturated heterocycles. The molecule has 1 N–H and O–H groups in total. The Morgan fingerprint density at radius 2 is 2.07 bits per heavy atom. The maximum Gasteiger partial charge on any atom is 0.0730 e. The van der Waals surface area contributed by atoms with Gasteiger partial charge in [-0.05, 0) is 32.2 Å². The fourth-order valence-corrected chi connectivity index (χ4v) is 2.88. The molecule has 2 rings (SSSR count). The lowest BCUT2D eigenvalue weighted by Crippen LogP contribution is -2.52. The van der Waals surface area contributed by atoms with Gasteiger partial charge in [0.1, 0.15) is 0 Å². The van der Waals surface area contributed by atoms with Crippen LogP contribution in [0, 0.1) is 0 Å². The number of morpholine rings is 1. The molecule has 1 heterocycles. The summed E-state index contributed by atoms with van der Waals surface area (Å²) in [6.45, 7) is 3.47. The van der Waals surface area contributed by atoms with Crippen molar-refractivity contribution >= 4 is 0 Å². The smallest absolute Gasteiger partial charge is 0.0730 e. The molecule has 0 radical (unpaired) electrons. The molecule has 3 nitrogen and oxygen atoms in total. The largest absolute Gasteiger partial charge is 0.396 e. The number of hydrogen-bond donors (Lipinski definition) is 1. The highest BCUT2D eigenvalue weighted by molar-refractivity contribution is 4.87. The van der Waals surface area contributed by atoms with Crippen molar-refractivity contribution in [2.75, 3.05) is 26.3 Å². The summed E-state index contributed by atoms with van der Waals surface area (Å²) in [6.07, 6.45) is 7.83. The van der Waals surface area contributed by atoms with Gasteiger partial charge in [-0.3, -0.25) is 4.90 Å². The lowest BCUT2D eigenvalue weighted by atomic mass is 9.90. The molecule has 0 aromatic heterocycles. The third-order valence-corrected chi connectivity index (χ3v) is 3.70. The van der Waals surface area contributed by atoms with Crippen molar-refractivity contribution in [1.82, 2.24) is 4.90 Å². The third-order valence-electron chi connectivity index (χ3n) is 3.70. The highest BCUT2D eigenvalue weighted by Gasteiger charge is 2.33. The number of aliphatic hydroxyl groups excluding tert-OH is 1. The van der Waals surface area contributed by atoms with E-state index in [2.05, 4.69) is 4.90 Å². The molecule has 2 unspecified atom stereocenters. The second kappa shape index (κ2) is 5.83. The van der Waals surface area contributed by atoms with Crippen LogP contribution in [0.1, 0.15) is 38.5 Å². The number of nitrogens with zero attached hydrogens (tertiary/aromatic N) is 1. The number of aliphatic hydroxyl groups is 1. The predicted octanol–water partition coefficient (Wildman–Crippen LogP) is 1.40. The van der Waals surface area contributed by atoms with Crippen LogP contribution in [-0.2, 0) is 4.74 Å². The van der Waals surface area contributed by atoms with Crippen LogP contribution < -0.4 is 0 Å². The molecule has 2 atom stereocenters. The van der Waals surface area contributed by atoms with Crippen LogP contribution in [0.15, 0.2) is 0 Å². The van der Waals surface area contributed by atoms with Gasteiger partial charge in [0.2, 0.25) is 0 Å². The second-order valence-electron chi connectivity index (χ2n) is 4.73. The Morgan fingerprint density at radius 1 is 1.20 bits per heavy atom. The molecule has 0 spiro atoms. The zero-order valence-corrected chi connectivity index (χ0v) is 9.53. The molecule has 1 saturated carbocycles. The van der Waals surface area contributed by atoms with Gasteiger partial charge in [-0.2, -0.15) is 0 Å². The topological polar surface area (TPSA) is 32.7 Å². The van der Waals surface area contributed by atoms with E-state index in [1.54, 1.807) is 0 Å². The van der Waals surface area contributed by atoms with Gasteiger partial charge in [-0.25, -0.2) is 0 Å². The van der Waals surface area contributed by atoms with E-state index in [1.165, 1.54) is 25.7 Å². The van der Waals surface area contributed by atoms with E-state index in [4.69, 9.17) is 9.84 Å². The van der Waals surface area contributed by atoms with Gasteiger partial charge in [0.25, 0.3) is 0 Å². The van der Waals surface area contributed by atoms with Crippen molar-refractivity contribution in [2.45, 2.75) is 50.7 Å². The summed E-state index contributed by atoms with van der Waals surface area (Å²) in [5, 5.41) is 8.78. The number of fused-ring (bicyclic) bond motifs is 1. The highest BCUT2D eigenvalue weighted by atomic mass is 16.5. The quantitative estimate of drug-likeness (QED) is 0.717. The van der Waals surface area contributed by atoms with Crippen molar-refractivity contribution in [3.8, 4) is 0 Å². The van der Waals surface area contributed by atoms with Gasteiger partial charge in [0.15, 0.2) is 0 Å². The van der Waals surface area contributed by atoms with Crippen LogP contribution in [-0.4, -0.2) is 48.5 Å². The van der Waals surface area contributed by atoms with Crippen LogP contribution in [0.25, 0.3) is 0 Å². The summed E-state index contributed by atoms with van der Waals surface area (Å²) >= 11 is 0. The second-order valence-corrected chi connectivity index (χ2v) is 4.73. The summed E-state index contributed by atoms with van der Waals surface area (Å²) in [5.74, 6) is 0. The summed E-state index contributed by atoms with van der Waals surface area (Å²) in [6, 6.07) is 0.672. The first kappa shape index (κ1) is 11.4. The molecule has 1 aliphatic heterocycles. The van der Waals surface area contributed by atoms with Crippen molar-refractivity contribution in [3.05, 3.63) is 0 Å². The van der Waals surface area contributed by atoms with Crippen LogP contribution in [0.5, 0.6) is 0 Å². The number of ether oxygens (including phenoxy) is 1. The first-order chi connectivity index (χ1) is 7.42. The Kier molecular flexibility index (Phi) is 4.42. The number of unbranched alkanes of at least 4 members (excludes halogenated alkanes) is 1. The summed E-state index contributed by atoms with van der Waals surface area (Å²) < 4.78 is 5.83. The van der Waals surface area contributed by atoms with Gasteiger partial charge >= 0.3 is 0 Å². The fraction of sp³-hybridized carbons (Fsp3) is 1.00. The fourth-order valence-electron chi connectivity index (χ4n) is 2.88. The Hall–Kier alpha value is -0.120. The molecule has 0 aromatic rings. The first-order valence-corrected chi connectivity index (χ1v) is 6.38. The Morgan fingerprint density at radius 3 is 2.93 bits per heavy atom. The lowest BCUT2D eigenvalue weighted by Gasteiger charge is -2.43. The van der Waals surface area contributed by atoms with Crippen molar-refractivity contribution in [1.29, 1.82) is 0 Å². The average Bonchev–Trinajstić information content (AvgIpc) is 2.30. The lowest BCUT2D eigenvalue weighted by molar-refractivity contribution is -0.0883. The zero-order valence-electron chi connectivity index (χ0n) is 9.53. The van der Waals surface area contributed by atoms with Gasteiger partial charge in [0, 0.05) is 19.2 Å². The molecular formula is C12H23NO2. The summed E-state index contributed by atoms with van der Waals surface area (Å²) in [7, 11) is 0. The SMILES string of the molecule is OCCCCN1CCOC2CCCCC21. The van der Waals surface area contributed by atoms with Gasteiger partial charge in [0.05, 0.1) is 12.7 Å². The van der Waals surface area contributed by atoms with E-state index in [-0.39, 0.29) is 0 Å². The molecule has 0 amide bonds. The summed E-state index contributed by atoms with van der Waals surface area (Å²) in [4.78, 5) is 2.59. The van der Waals surface area contributed by atoms with E-state index in [1.807, 2.05) is 0 Å². The standard InChI is InChI=1S/C12H23NO2/c14-9-4-3-7-13-8-10-15-12-6-2-1-5-11(12)13/h11-12,14H,1-10H2. The van der Waals surface area contributed by atoms with E-state index in [0.717, 1.165) is 32.5 Å². The van der Waals surface area contributed by atoms with E-state index >= 15 is 0 Å². The zero-order chi connectivity index (χ0) is 10.5. The minimum Gasteiger partial charge on any atom is -0.396 e. The van der Waals surface area contributed by atoms with Gasteiger partial charge in [-0.1, -0.05) is 12.8 Å². The number of rotatable bonds is 4. The predicted molar refractivity (Wildman–Crippen MR) is 59.9 cm³/mol. The Bertz CT molecular complexity index is 184. The maximum absolute atomic E-state index is 8.78. The Labute approximate surface area is 92.4 Å². The van der Waals surface area contributed by atoms with E-state index in [0.29, 0.717) is 18.8 Å². The number of hydrogen-bond acceptors (Lipinski definition) is 3. The molecule has 0 aromatic carbocycles. The molecule has 2 aliphatic rings. The van der Waals surface area contributed by atoms with Crippen LogP contribution in [0.3, 0.4) is 0 Å². The van der Waals surface area contributed by atoms with Gasteiger partial charge in [-0.15, -0.1) is 0 Å². The van der Waals surface area contributed by atoms with Crippen molar-refractivity contribution < 1.29 is 9.84 Å². The summed E-state index contributed by atoms with van der Waals surface area (Å²) in [5.41, 5.74) is 0. The average molecular weight is 213 g/mol. The van der Waals surface area contributed by atoms with Crippen molar-refractivity contribution in [2.24, 2.45) is 0 Å². The monoisotopic (exact) mass is 213 g/mol. The van der Waals surface area contributed by atoms with Gasteiger partial charge < -0.3 is 9.84 Å². The molecule has 1 aliphatic carbocycles. The molecule has 3 heteroatoms.